The molecule has 7 nitrogen and oxygen atoms in total. The third-order valence-corrected chi connectivity index (χ3v) is 6.42. The lowest BCUT2D eigenvalue weighted by Crippen LogP contribution is -2.19. The zero-order chi connectivity index (χ0) is 21.8. The Morgan fingerprint density at radius 2 is 1.55 bits per heavy atom. The van der Waals surface area contributed by atoms with Crippen molar-refractivity contribution in [2.24, 2.45) is 0 Å². The van der Waals surface area contributed by atoms with Gasteiger partial charge >= 0.3 is 0 Å². The molecule has 4 rings (SSSR count). The molecule has 0 aliphatic carbocycles. The van der Waals surface area contributed by atoms with Crippen LogP contribution in [0.5, 0.6) is 0 Å². The second-order valence-electron chi connectivity index (χ2n) is 7.90. The van der Waals surface area contributed by atoms with E-state index in [1.54, 1.807) is 12.1 Å². The molecule has 0 bridgehead atoms. The highest BCUT2D eigenvalue weighted by atomic mass is 32.2. The fourth-order valence-electron chi connectivity index (χ4n) is 3.61. The van der Waals surface area contributed by atoms with E-state index in [0.717, 1.165) is 41.5 Å². The van der Waals surface area contributed by atoms with Gasteiger partial charge in [0.05, 0.1) is 5.75 Å². The predicted octanol–water partition coefficient (Wildman–Crippen LogP) is 4.38. The van der Waals surface area contributed by atoms with Gasteiger partial charge in [-0.1, -0.05) is 29.8 Å². The summed E-state index contributed by atoms with van der Waals surface area (Å²) in [6, 6.07) is 16.6. The first-order valence-electron chi connectivity index (χ1n) is 10.4. The van der Waals surface area contributed by atoms with Gasteiger partial charge in [0.1, 0.15) is 17.5 Å². The van der Waals surface area contributed by atoms with Gasteiger partial charge < -0.3 is 10.2 Å². The van der Waals surface area contributed by atoms with Crippen LogP contribution in [0.15, 0.2) is 54.6 Å². The summed E-state index contributed by atoms with van der Waals surface area (Å²) in [6.45, 7) is 5.90. The molecule has 0 radical (unpaired) electrons. The van der Waals surface area contributed by atoms with Crippen LogP contribution in [0.4, 0.5) is 23.0 Å². The maximum Gasteiger partial charge on any atom is 0.236 e. The molecule has 0 spiro atoms. The van der Waals surface area contributed by atoms with Crippen LogP contribution in [-0.2, 0) is 15.8 Å². The molecule has 2 N–H and O–H groups in total. The molecule has 1 aromatic heterocycles. The monoisotopic (exact) mass is 437 g/mol. The minimum absolute atomic E-state index is 0.0627. The van der Waals surface area contributed by atoms with Crippen LogP contribution in [-0.4, -0.2) is 31.5 Å². The molecule has 1 aliphatic heterocycles. The zero-order valence-electron chi connectivity index (χ0n) is 17.8. The number of rotatable bonds is 7. The normalized spacial score (nSPS) is 13.9. The highest BCUT2D eigenvalue weighted by Gasteiger charge is 2.15. The molecular weight excluding hydrogens is 410 g/mol. The van der Waals surface area contributed by atoms with Crippen molar-refractivity contribution in [2.45, 2.75) is 32.4 Å². The average molecular weight is 438 g/mol. The first-order valence-corrected chi connectivity index (χ1v) is 12.1. The van der Waals surface area contributed by atoms with Crippen LogP contribution in [0, 0.1) is 13.8 Å². The predicted molar refractivity (Wildman–Crippen MR) is 125 cm³/mol. The number of aromatic nitrogens is 2. The Morgan fingerprint density at radius 1 is 0.903 bits per heavy atom. The smallest absolute Gasteiger partial charge is 0.236 e. The van der Waals surface area contributed by atoms with E-state index in [-0.39, 0.29) is 5.75 Å². The summed E-state index contributed by atoms with van der Waals surface area (Å²) >= 11 is 0. The fourth-order valence-corrected chi connectivity index (χ4v) is 4.81. The number of hydrogen-bond acceptors (Lipinski definition) is 6. The molecule has 0 unspecified atom stereocenters. The Balaban J connectivity index is 1.42. The summed E-state index contributed by atoms with van der Waals surface area (Å²) in [6.07, 6.45) is 2.38. The van der Waals surface area contributed by atoms with E-state index in [1.165, 1.54) is 12.8 Å². The molecule has 31 heavy (non-hydrogen) atoms. The fraction of sp³-hybridized carbons (Fsp3) is 0.304. The maximum atomic E-state index is 12.5. The van der Waals surface area contributed by atoms with Crippen molar-refractivity contribution in [1.29, 1.82) is 0 Å². The summed E-state index contributed by atoms with van der Waals surface area (Å²) < 4.78 is 27.6. The van der Waals surface area contributed by atoms with Crippen LogP contribution in [0.25, 0.3) is 0 Å². The highest BCUT2D eigenvalue weighted by molar-refractivity contribution is 7.91. The Bertz CT molecular complexity index is 1140. The minimum atomic E-state index is -3.49. The first-order chi connectivity index (χ1) is 14.9. The number of hydrogen-bond donors (Lipinski definition) is 2. The van der Waals surface area contributed by atoms with Gasteiger partial charge in [-0.25, -0.2) is 18.4 Å². The summed E-state index contributed by atoms with van der Waals surface area (Å²) in [7, 11) is -3.49. The molecule has 3 aromatic rings. The Hall–Kier alpha value is -3.13. The van der Waals surface area contributed by atoms with E-state index in [1.807, 2.05) is 56.3 Å². The number of nitrogens with zero attached hydrogens (tertiary/aromatic N) is 3. The highest BCUT2D eigenvalue weighted by Crippen LogP contribution is 2.24. The van der Waals surface area contributed by atoms with Crippen molar-refractivity contribution >= 4 is 33.0 Å². The number of anilines is 4. The molecule has 1 aliphatic rings. The van der Waals surface area contributed by atoms with Gasteiger partial charge in [0.15, 0.2) is 0 Å². The van der Waals surface area contributed by atoms with Gasteiger partial charge in [0.25, 0.3) is 0 Å². The van der Waals surface area contributed by atoms with Crippen molar-refractivity contribution in [3.63, 3.8) is 0 Å². The standard InChI is InChI=1S/C23H27N5O2S/c1-17-5-7-19(8-6-17)16-31(29,30)27-21-11-9-20(10-12-21)26-22-15-23(25-18(2)24-22)28-13-3-4-14-28/h5-12,15,27H,3-4,13-14,16H2,1-2H3,(H,24,25,26). The van der Waals surface area contributed by atoms with E-state index in [0.29, 0.717) is 11.5 Å². The van der Waals surface area contributed by atoms with E-state index in [9.17, 15) is 8.42 Å². The summed E-state index contributed by atoms with van der Waals surface area (Å²) in [5.74, 6) is 2.31. The molecule has 0 atom stereocenters. The quantitative estimate of drug-likeness (QED) is 0.570. The van der Waals surface area contributed by atoms with Crippen molar-refractivity contribution in [1.82, 2.24) is 9.97 Å². The Morgan fingerprint density at radius 3 is 2.23 bits per heavy atom. The molecule has 162 valence electrons. The number of aryl methyl sites for hydroxylation is 2. The summed E-state index contributed by atoms with van der Waals surface area (Å²) in [4.78, 5) is 11.3. The van der Waals surface area contributed by atoms with Crippen LogP contribution < -0.4 is 14.9 Å². The number of nitrogens with one attached hydrogen (secondary N) is 2. The summed E-state index contributed by atoms with van der Waals surface area (Å²) in [5, 5.41) is 3.29. The lowest BCUT2D eigenvalue weighted by atomic mass is 10.2. The first kappa shape index (κ1) is 21.1. The van der Waals surface area contributed by atoms with E-state index < -0.39 is 10.0 Å². The lowest BCUT2D eigenvalue weighted by Gasteiger charge is -2.18. The topological polar surface area (TPSA) is 87.2 Å². The van der Waals surface area contributed by atoms with Crippen LogP contribution in [0.1, 0.15) is 29.8 Å². The molecule has 2 aromatic carbocycles. The van der Waals surface area contributed by atoms with Crippen LogP contribution in [0.3, 0.4) is 0 Å². The average Bonchev–Trinajstić information content (AvgIpc) is 3.25. The van der Waals surface area contributed by atoms with Gasteiger partial charge in [0.2, 0.25) is 10.0 Å². The molecule has 0 amide bonds. The Labute approximate surface area is 183 Å². The van der Waals surface area contributed by atoms with Gasteiger partial charge in [-0.15, -0.1) is 0 Å². The van der Waals surface area contributed by atoms with E-state index >= 15 is 0 Å². The SMILES string of the molecule is Cc1ccc(CS(=O)(=O)Nc2ccc(Nc3cc(N4CCCC4)nc(C)n3)cc2)cc1. The van der Waals surface area contributed by atoms with Crippen molar-refractivity contribution in [3.05, 3.63) is 71.5 Å². The third kappa shape index (κ3) is 5.73. The van der Waals surface area contributed by atoms with Gasteiger partial charge in [0, 0.05) is 30.5 Å². The van der Waals surface area contributed by atoms with Crippen LogP contribution in [0.2, 0.25) is 0 Å². The van der Waals surface area contributed by atoms with E-state index in [4.69, 9.17) is 0 Å². The van der Waals surface area contributed by atoms with Crippen molar-refractivity contribution in [2.75, 3.05) is 28.0 Å². The van der Waals surface area contributed by atoms with Crippen molar-refractivity contribution in [3.8, 4) is 0 Å². The van der Waals surface area contributed by atoms with Crippen LogP contribution >= 0.6 is 0 Å². The second-order valence-corrected chi connectivity index (χ2v) is 9.62. The summed E-state index contributed by atoms with van der Waals surface area (Å²) in [5.41, 5.74) is 3.20. The molecule has 1 saturated heterocycles. The zero-order valence-corrected chi connectivity index (χ0v) is 18.6. The Kier molecular flexibility index (Phi) is 6.08. The molecular formula is C23H27N5O2S. The number of sulfonamides is 1. The van der Waals surface area contributed by atoms with Gasteiger partial charge in [-0.2, -0.15) is 0 Å². The van der Waals surface area contributed by atoms with E-state index in [2.05, 4.69) is 24.9 Å². The molecule has 0 saturated carbocycles. The van der Waals surface area contributed by atoms with Crippen molar-refractivity contribution < 1.29 is 8.42 Å². The molecule has 8 heteroatoms. The molecule has 1 fully saturated rings. The second kappa shape index (κ2) is 8.93. The molecule has 2 heterocycles. The maximum absolute atomic E-state index is 12.5. The lowest BCUT2D eigenvalue weighted by molar-refractivity contribution is 0.600. The number of benzene rings is 2. The van der Waals surface area contributed by atoms with Gasteiger partial charge in [-0.05, 0) is 56.5 Å². The largest absolute Gasteiger partial charge is 0.356 e. The third-order valence-electron chi connectivity index (χ3n) is 5.16. The minimum Gasteiger partial charge on any atom is -0.356 e. The van der Waals surface area contributed by atoms with Gasteiger partial charge in [-0.3, -0.25) is 4.72 Å².